The first-order valence-electron chi connectivity index (χ1n) is 5.07. The molecule has 1 aliphatic carbocycles. The first kappa shape index (κ1) is 10.5. The minimum atomic E-state index is -4.22. The Balaban J connectivity index is 2.37. The number of alkyl halides is 3. The van der Waals surface area contributed by atoms with Gasteiger partial charge in [-0.05, 0) is 42.4 Å². The zero-order chi connectivity index (χ0) is 11.2. The van der Waals surface area contributed by atoms with Crippen LogP contribution in [0, 0.1) is 12.8 Å². The van der Waals surface area contributed by atoms with Crippen LogP contribution >= 0.6 is 0 Å². The molecule has 3 heteroatoms. The van der Waals surface area contributed by atoms with Crippen LogP contribution in [0.1, 0.15) is 36.0 Å². The highest BCUT2D eigenvalue weighted by Crippen LogP contribution is 2.48. The first-order valence-corrected chi connectivity index (χ1v) is 5.07. The number of rotatable bonds is 1. The molecule has 15 heavy (non-hydrogen) atoms. The second kappa shape index (κ2) is 3.26. The van der Waals surface area contributed by atoms with Gasteiger partial charge in [-0.2, -0.15) is 13.2 Å². The van der Waals surface area contributed by atoms with Gasteiger partial charge >= 0.3 is 6.18 Å². The molecule has 0 nitrogen and oxygen atoms in total. The Morgan fingerprint density at radius 1 is 1.27 bits per heavy atom. The Bertz CT molecular complexity index is 379. The molecule has 0 bridgehead atoms. The van der Waals surface area contributed by atoms with Crippen molar-refractivity contribution in [2.24, 2.45) is 5.92 Å². The van der Waals surface area contributed by atoms with E-state index < -0.39 is 11.7 Å². The van der Waals surface area contributed by atoms with Crippen molar-refractivity contribution in [3.63, 3.8) is 0 Å². The molecule has 2 atom stereocenters. The highest BCUT2D eigenvalue weighted by atomic mass is 19.4. The summed E-state index contributed by atoms with van der Waals surface area (Å²) in [6.07, 6.45) is -3.21. The van der Waals surface area contributed by atoms with Crippen LogP contribution in [0.2, 0.25) is 0 Å². The molecule has 2 rings (SSSR count). The van der Waals surface area contributed by atoms with Crippen molar-refractivity contribution in [1.29, 1.82) is 0 Å². The van der Waals surface area contributed by atoms with Crippen molar-refractivity contribution in [3.05, 3.63) is 34.9 Å². The fourth-order valence-corrected chi connectivity index (χ4v) is 1.96. The number of benzene rings is 1. The summed E-state index contributed by atoms with van der Waals surface area (Å²) in [5.41, 5.74) is 0.652. The van der Waals surface area contributed by atoms with E-state index in [1.807, 2.05) is 6.07 Å². The van der Waals surface area contributed by atoms with Gasteiger partial charge in [0.1, 0.15) is 0 Å². The lowest BCUT2D eigenvalue weighted by molar-refractivity contribution is -0.138. The van der Waals surface area contributed by atoms with Gasteiger partial charge in [-0.25, -0.2) is 0 Å². The second-order valence-corrected chi connectivity index (χ2v) is 4.39. The molecule has 0 spiro atoms. The maximum absolute atomic E-state index is 12.6. The standard InChI is InChI=1S/C12H13F3/c1-7-3-4-9(10-5-8(10)2)6-11(7)12(13,14)15/h3-4,6,8,10H,5H2,1-2H3. The quantitative estimate of drug-likeness (QED) is 0.659. The van der Waals surface area contributed by atoms with Crippen molar-refractivity contribution in [3.8, 4) is 0 Å². The third-order valence-corrected chi connectivity index (χ3v) is 3.10. The summed E-state index contributed by atoms with van der Waals surface area (Å²) < 4.78 is 37.8. The minimum absolute atomic E-state index is 0.305. The van der Waals surface area contributed by atoms with Gasteiger partial charge in [-0.15, -0.1) is 0 Å². The fourth-order valence-electron chi connectivity index (χ4n) is 1.96. The van der Waals surface area contributed by atoms with E-state index in [1.165, 1.54) is 13.0 Å². The van der Waals surface area contributed by atoms with Crippen LogP contribution in [-0.2, 0) is 6.18 Å². The average Bonchev–Trinajstić information content (AvgIpc) is 2.81. The van der Waals surface area contributed by atoms with Crippen LogP contribution in [0.3, 0.4) is 0 Å². The lowest BCUT2D eigenvalue weighted by Crippen LogP contribution is -2.08. The Morgan fingerprint density at radius 3 is 2.33 bits per heavy atom. The Hall–Kier alpha value is -0.990. The molecule has 1 aromatic rings. The first-order chi connectivity index (χ1) is 6.89. The average molecular weight is 214 g/mol. The molecule has 2 unspecified atom stereocenters. The maximum atomic E-state index is 12.6. The summed E-state index contributed by atoms with van der Waals surface area (Å²) in [6.45, 7) is 3.57. The van der Waals surface area contributed by atoms with E-state index >= 15 is 0 Å². The monoisotopic (exact) mass is 214 g/mol. The molecule has 1 aromatic carbocycles. The third kappa shape index (κ3) is 2.01. The van der Waals surface area contributed by atoms with E-state index in [-0.39, 0.29) is 0 Å². The summed E-state index contributed by atoms with van der Waals surface area (Å²) in [6, 6.07) is 4.70. The smallest absolute Gasteiger partial charge is 0.166 e. The number of hydrogen-bond acceptors (Lipinski definition) is 0. The lowest BCUT2D eigenvalue weighted by Gasteiger charge is -2.11. The van der Waals surface area contributed by atoms with Crippen molar-refractivity contribution < 1.29 is 13.2 Å². The highest BCUT2D eigenvalue weighted by molar-refractivity contribution is 5.37. The van der Waals surface area contributed by atoms with Crippen molar-refractivity contribution in [2.75, 3.05) is 0 Å². The van der Waals surface area contributed by atoms with Gasteiger partial charge in [0, 0.05) is 0 Å². The molecule has 82 valence electrons. The van der Waals surface area contributed by atoms with Gasteiger partial charge < -0.3 is 0 Å². The van der Waals surface area contributed by atoms with Crippen LogP contribution in [0.15, 0.2) is 18.2 Å². The molecule has 1 fully saturated rings. The van der Waals surface area contributed by atoms with Crippen molar-refractivity contribution in [2.45, 2.75) is 32.4 Å². The predicted octanol–water partition coefficient (Wildman–Crippen LogP) is 4.14. The van der Waals surface area contributed by atoms with Crippen molar-refractivity contribution in [1.82, 2.24) is 0 Å². The van der Waals surface area contributed by atoms with E-state index in [1.54, 1.807) is 6.07 Å². The molecule has 1 aliphatic rings. The molecule has 0 amide bonds. The normalized spacial score (nSPS) is 25.4. The number of hydrogen-bond donors (Lipinski definition) is 0. The fraction of sp³-hybridized carbons (Fsp3) is 0.500. The topological polar surface area (TPSA) is 0 Å². The molecule has 0 N–H and O–H groups in total. The number of halogens is 3. The van der Waals surface area contributed by atoms with Crippen LogP contribution in [0.4, 0.5) is 13.2 Å². The van der Waals surface area contributed by atoms with Gasteiger partial charge in [-0.1, -0.05) is 19.1 Å². The molecule has 0 heterocycles. The predicted molar refractivity (Wildman–Crippen MR) is 52.7 cm³/mol. The summed E-state index contributed by atoms with van der Waals surface area (Å²) >= 11 is 0. The van der Waals surface area contributed by atoms with Crippen molar-refractivity contribution >= 4 is 0 Å². The van der Waals surface area contributed by atoms with Gasteiger partial charge in [0.05, 0.1) is 5.56 Å². The SMILES string of the molecule is Cc1ccc(C2CC2C)cc1C(F)(F)F. The molecule has 0 radical (unpaired) electrons. The van der Waals surface area contributed by atoms with Crippen LogP contribution in [-0.4, -0.2) is 0 Å². The Kier molecular flexibility index (Phi) is 2.28. The number of aryl methyl sites for hydroxylation is 1. The molecule has 1 saturated carbocycles. The molecular formula is C12H13F3. The van der Waals surface area contributed by atoms with Gasteiger partial charge in [0.25, 0.3) is 0 Å². The molecule has 0 aliphatic heterocycles. The zero-order valence-corrected chi connectivity index (χ0v) is 8.73. The molecule has 0 aromatic heterocycles. The van der Waals surface area contributed by atoms with E-state index in [0.717, 1.165) is 12.0 Å². The largest absolute Gasteiger partial charge is 0.416 e. The van der Waals surface area contributed by atoms with Crippen LogP contribution in [0.5, 0.6) is 0 Å². The van der Waals surface area contributed by atoms with E-state index in [4.69, 9.17) is 0 Å². The van der Waals surface area contributed by atoms with Gasteiger partial charge in [-0.3, -0.25) is 0 Å². The van der Waals surface area contributed by atoms with E-state index in [9.17, 15) is 13.2 Å². The maximum Gasteiger partial charge on any atom is 0.416 e. The Morgan fingerprint density at radius 2 is 1.87 bits per heavy atom. The van der Waals surface area contributed by atoms with E-state index in [0.29, 0.717) is 17.4 Å². The minimum Gasteiger partial charge on any atom is -0.166 e. The second-order valence-electron chi connectivity index (χ2n) is 4.39. The summed E-state index contributed by atoms with van der Waals surface area (Å²) in [5, 5.41) is 0. The van der Waals surface area contributed by atoms with Crippen LogP contribution < -0.4 is 0 Å². The Labute approximate surface area is 87.1 Å². The summed E-state index contributed by atoms with van der Waals surface area (Å²) in [4.78, 5) is 0. The van der Waals surface area contributed by atoms with E-state index in [2.05, 4.69) is 6.92 Å². The van der Waals surface area contributed by atoms with Crippen LogP contribution in [0.25, 0.3) is 0 Å². The lowest BCUT2D eigenvalue weighted by atomic mass is 10.0. The highest BCUT2D eigenvalue weighted by Gasteiger charge is 2.37. The molecule has 0 saturated heterocycles. The summed E-state index contributed by atoms with van der Waals surface area (Å²) in [5.74, 6) is 0.875. The van der Waals surface area contributed by atoms with Gasteiger partial charge in [0.15, 0.2) is 0 Å². The van der Waals surface area contributed by atoms with Gasteiger partial charge in [0.2, 0.25) is 0 Å². The zero-order valence-electron chi connectivity index (χ0n) is 8.73. The summed E-state index contributed by atoms with van der Waals surface area (Å²) in [7, 11) is 0. The third-order valence-electron chi connectivity index (χ3n) is 3.10. The molecular weight excluding hydrogens is 201 g/mol.